The molecule has 3 aromatic carbocycles. The minimum Gasteiger partial charge on any atom is -0.274 e. The molecule has 166 valence electrons. The molecule has 1 aliphatic heterocycles. The standard InChI is InChI=1S/C28H20N2O4/c31-27-25-21-14-15-22(26(25)28(32)29(27)19-12-7-13-20(16-19)30(33)34)24(21)23(17-8-3-1-4-9-17)18-10-5-2-6-11-18/h1-16,21-22,25-26H/t21-,22-,25-,26+/m0/s1. The average Bonchev–Trinajstić information content (AvgIpc) is 3.50. The van der Waals surface area contributed by atoms with Gasteiger partial charge in [-0.2, -0.15) is 0 Å². The quantitative estimate of drug-likeness (QED) is 0.243. The van der Waals surface area contributed by atoms with Gasteiger partial charge >= 0.3 is 0 Å². The Bertz CT molecular complexity index is 1320. The van der Waals surface area contributed by atoms with Gasteiger partial charge in [0.05, 0.1) is 22.4 Å². The van der Waals surface area contributed by atoms with Crippen LogP contribution in [0.2, 0.25) is 0 Å². The van der Waals surface area contributed by atoms with Gasteiger partial charge in [0.15, 0.2) is 0 Å². The first-order valence-corrected chi connectivity index (χ1v) is 11.2. The first-order valence-electron chi connectivity index (χ1n) is 11.2. The lowest BCUT2D eigenvalue weighted by molar-refractivity contribution is -0.384. The van der Waals surface area contributed by atoms with Crippen molar-refractivity contribution in [1.82, 2.24) is 0 Å². The molecule has 0 N–H and O–H groups in total. The van der Waals surface area contributed by atoms with Crippen molar-refractivity contribution in [2.75, 3.05) is 4.90 Å². The number of hydrogen-bond donors (Lipinski definition) is 0. The van der Waals surface area contributed by atoms with Gasteiger partial charge in [-0.3, -0.25) is 19.7 Å². The van der Waals surface area contributed by atoms with E-state index in [1.807, 2.05) is 36.4 Å². The van der Waals surface area contributed by atoms with Gasteiger partial charge in [-0.1, -0.05) is 78.9 Å². The van der Waals surface area contributed by atoms with Crippen molar-refractivity contribution in [3.05, 3.63) is 124 Å². The number of allylic oxidation sites excluding steroid dienone is 3. The summed E-state index contributed by atoms with van der Waals surface area (Å²) in [5.41, 5.74) is 4.39. The van der Waals surface area contributed by atoms with E-state index < -0.39 is 16.8 Å². The summed E-state index contributed by atoms with van der Waals surface area (Å²) in [4.78, 5) is 39.0. The molecule has 6 rings (SSSR count). The molecule has 0 aromatic heterocycles. The van der Waals surface area contributed by atoms with E-state index in [2.05, 4.69) is 36.4 Å². The van der Waals surface area contributed by atoms with E-state index in [0.29, 0.717) is 0 Å². The SMILES string of the molecule is O=C1[C@@H]2[C@H](C(=O)N1c1cccc([N+](=O)[O-])c1)[C@H]1C=C[C@H]2C1=C(c1ccccc1)c1ccccc1. The van der Waals surface area contributed by atoms with Crippen LogP contribution in [0.1, 0.15) is 11.1 Å². The van der Waals surface area contributed by atoms with Crippen LogP contribution in [-0.4, -0.2) is 16.7 Å². The van der Waals surface area contributed by atoms with Gasteiger partial charge in [0, 0.05) is 24.0 Å². The van der Waals surface area contributed by atoms with Crippen molar-refractivity contribution >= 4 is 28.8 Å². The Balaban J connectivity index is 1.47. The number of nitro groups is 1. The van der Waals surface area contributed by atoms with Gasteiger partial charge in [-0.25, -0.2) is 4.90 Å². The van der Waals surface area contributed by atoms with Crippen LogP contribution in [0.25, 0.3) is 5.57 Å². The maximum Gasteiger partial charge on any atom is 0.271 e. The van der Waals surface area contributed by atoms with Crippen LogP contribution < -0.4 is 4.90 Å². The molecular weight excluding hydrogens is 428 g/mol. The Morgan fingerprint density at radius 2 is 1.26 bits per heavy atom. The molecule has 0 spiro atoms. The monoisotopic (exact) mass is 448 g/mol. The summed E-state index contributed by atoms with van der Waals surface area (Å²) in [6.45, 7) is 0. The number of carbonyl (C=O) groups is 2. The molecule has 0 radical (unpaired) electrons. The Labute approximate surface area is 196 Å². The highest BCUT2D eigenvalue weighted by Gasteiger charge is 2.62. The highest BCUT2D eigenvalue weighted by atomic mass is 16.6. The maximum absolute atomic E-state index is 13.6. The summed E-state index contributed by atoms with van der Waals surface area (Å²) < 4.78 is 0. The molecule has 3 aromatic rings. The van der Waals surface area contributed by atoms with E-state index in [0.717, 1.165) is 27.2 Å². The Morgan fingerprint density at radius 1 is 0.735 bits per heavy atom. The zero-order chi connectivity index (χ0) is 23.4. The van der Waals surface area contributed by atoms with Crippen molar-refractivity contribution in [3.63, 3.8) is 0 Å². The zero-order valence-corrected chi connectivity index (χ0v) is 18.1. The fourth-order valence-electron chi connectivity index (χ4n) is 5.81. The number of non-ortho nitro benzene ring substituents is 1. The molecule has 3 aliphatic rings. The van der Waals surface area contributed by atoms with Crippen LogP contribution in [0.5, 0.6) is 0 Å². The first kappa shape index (κ1) is 20.3. The molecule has 2 aliphatic carbocycles. The number of rotatable bonds is 4. The maximum atomic E-state index is 13.6. The lowest BCUT2D eigenvalue weighted by Crippen LogP contribution is -2.33. The predicted octanol–water partition coefficient (Wildman–Crippen LogP) is 5.02. The highest BCUT2D eigenvalue weighted by molar-refractivity contribution is 6.23. The van der Waals surface area contributed by atoms with Crippen LogP contribution in [0, 0.1) is 33.8 Å². The minimum atomic E-state index is -0.520. The number of imide groups is 1. The van der Waals surface area contributed by atoms with Crippen LogP contribution in [0.15, 0.2) is 103 Å². The van der Waals surface area contributed by atoms with Crippen molar-refractivity contribution in [2.45, 2.75) is 0 Å². The number of hydrogen-bond acceptors (Lipinski definition) is 4. The molecule has 2 bridgehead atoms. The van der Waals surface area contributed by atoms with E-state index in [1.54, 1.807) is 6.07 Å². The topological polar surface area (TPSA) is 80.5 Å². The Morgan fingerprint density at radius 3 is 1.76 bits per heavy atom. The number of amides is 2. The third kappa shape index (κ3) is 2.88. The van der Waals surface area contributed by atoms with Crippen molar-refractivity contribution < 1.29 is 14.5 Å². The number of carbonyl (C=O) groups excluding carboxylic acids is 2. The van der Waals surface area contributed by atoms with Crippen molar-refractivity contribution in [1.29, 1.82) is 0 Å². The van der Waals surface area contributed by atoms with Gasteiger partial charge < -0.3 is 0 Å². The predicted molar refractivity (Wildman–Crippen MR) is 128 cm³/mol. The third-order valence-electron chi connectivity index (χ3n) is 7.13. The second kappa shape index (κ2) is 7.63. The average molecular weight is 448 g/mol. The summed E-state index contributed by atoms with van der Waals surface area (Å²) in [6, 6.07) is 25.9. The lowest BCUT2D eigenvalue weighted by atomic mass is 9.85. The number of nitro benzene ring substituents is 1. The summed E-state index contributed by atoms with van der Waals surface area (Å²) in [5.74, 6) is -1.95. The van der Waals surface area contributed by atoms with E-state index in [1.165, 1.54) is 18.2 Å². The fourth-order valence-corrected chi connectivity index (χ4v) is 5.81. The molecule has 0 unspecified atom stereocenters. The van der Waals surface area contributed by atoms with Crippen LogP contribution in [0.4, 0.5) is 11.4 Å². The number of nitrogens with zero attached hydrogens (tertiary/aromatic N) is 2. The summed E-state index contributed by atoms with van der Waals surface area (Å²) in [7, 11) is 0. The van der Waals surface area contributed by atoms with Crippen LogP contribution >= 0.6 is 0 Å². The lowest BCUT2D eigenvalue weighted by Gasteiger charge is -2.21. The van der Waals surface area contributed by atoms with Gasteiger partial charge in [0.1, 0.15) is 0 Å². The Hall–Kier alpha value is -4.32. The molecule has 1 heterocycles. The molecule has 1 saturated carbocycles. The third-order valence-corrected chi connectivity index (χ3v) is 7.13. The molecular formula is C28H20N2O4. The van der Waals surface area contributed by atoms with Crippen molar-refractivity contribution in [3.8, 4) is 0 Å². The van der Waals surface area contributed by atoms with Gasteiger partial charge in [0.2, 0.25) is 11.8 Å². The second-order valence-corrected chi connectivity index (χ2v) is 8.84. The zero-order valence-electron chi connectivity index (χ0n) is 18.1. The largest absolute Gasteiger partial charge is 0.274 e. The molecule has 6 nitrogen and oxygen atoms in total. The van der Waals surface area contributed by atoms with Gasteiger partial charge in [-0.15, -0.1) is 0 Å². The number of benzene rings is 3. The van der Waals surface area contributed by atoms with E-state index in [9.17, 15) is 19.7 Å². The van der Waals surface area contributed by atoms with Crippen LogP contribution in [-0.2, 0) is 9.59 Å². The first-order chi connectivity index (χ1) is 16.6. The minimum absolute atomic E-state index is 0.146. The van der Waals surface area contributed by atoms with E-state index >= 15 is 0 Å². The smallest absolute Gasteiger partial charge is 0.271 e. The summed E-state index contributed by atoms with van der Waals surface area (Å²) in [6.07, 6.45) is 4.10. The molecule has 2 amide bonds. The molecule has 2 fully saturated rings. The molecule has 34 heavy (non-hydrogen) atoms. The van der Waals surface area contributed by atoms with Gasteiger partial charge in [-0.05, 0) is 28.3 Å². The summed E-state index contributed by atoms with van der Waals surface area (Å²) >= 11 is 0. The fraction of sp³-hybridized carbons (Fsp3) is 0.143. The molecule has 1 saturated heterocycles. The molecule has 4 atom stereocenters. The number of anilines is 1. The van der Waals surface area contributed by atoms with Gasteiger partial charge in [0.25, 0.3) is 5.69 Å². The van der Waals surface area contributed by atoms with E-state index in [4.69, 9.17) is 0 Å². The van der Waals surface area contributed by atoms with Crippen molar-refractivity contribution in [2.24, 2.45) is 23.7 Å². The van der Waals surface area contributed by atoms with Crippen LogP contribution in [0.3, 0.4) is 0 Å². The normalized spacial score (nSPS) is 24.6. The van der Waals surface area contributed by atoms with E-state index in [-0.39, 0.29) is 35.0 Å². The molecule has 6 heteroatoms. The second-order valence-electron chi connectivity index (χ2n) is 8.84. The number of fused-ring (bicyclic) bond motifs is 5. The Kier molecular flexibility index (Phi) is 4.55. The summed E-state index contributed by atoms with van der Waals surface area (Å²) in [5, 5.41) is 11.2. The highest BCUT2D eigenvalue weighted by Crippen LogP contribution is 2.58.